The van der Waals surface area contributed by atoms with Crippen LogP contribution in [0.15, 0.2) is 59.1 Å². The molecule has 2 aromatic rings. The molecule has 0 spiro atoms. The summed E-state index contributed by atoms with van der Waals surface area (Å²) in [6.07, 6.45) is 3.03. The van der Waals surface area contributed by atoms with Crippen molar-refractivity contribution in [3.8, 4) is 0 Å². The maximum absolute atomic E-state index is 11.8. The van der Waals surface area contributed by atoms with Gasteiger partial charge in [-0.1, -0.05) is 46.3 Å². The minimum atomic E-state index is -1.10. The van der Waals surface area contributed by atoms with E-state index in [4.69, 9.17) is 5.11 Å². The number of nitrogens with one attached hydrogen (secondary N) is 1. The van der Waals surface area contributed by atoms with E-state index in [1.54, 1.807) is 18.2 Å². The number of carbonyl (C=O) groups excluding carboxylic acids is 1. The zero-order valence-corrected chi connectivity index (χ0v) is 12.5. The van der Waals surface area contributed by atoms with Crippen LogP contribution in [0, 0.1) is 0 Å². The number of carboxylic acids is 1. The second-order valence-corrected chi connectivity index (χ2v) is 5.14. The number of aromatic carboxylic acids is 1. The van der Waals surface area contributed by atoms with Gasteiger partial charge in [0, 0.05) is 10.5 Å². The fraction of sp³-hybridized carbons (Fsp3) is 0. The highest BCUT2D eigenvalue weighted by Gasteiger charge is 2.11. The number of amides is 1. The van der Waals surface area contributed by atoms with Crippen LogP contribution in [0.4, 0.5) is 5.69 Å². The van der Waals surface area contributed by atoms with E-state index < -0.39 is 5.97 Å². The van der Waals surface area contributed by atoms with Gasteiger partial charge >= 0.3 is 5.97 Å². The number of hydrogen-bond donors (Lipinski definition) is 2. The summed E-state index contributed by atoms with van der Waals surface area (Å²) in [5, 5.41) is 11.7. The first-order valence-corrected chi connectivity index (χ1v) is 6.92. The highest BCUT2D eigenvalue weighted by molar-refractivity contribution is 9.10. The van der Waals surface area contributed by atoms with Gasteiger partial charge in [-0.05, 0) is 29.8 Å². The van der Waals surface area contributed by atoms with Gasteiger partial charge in [-0.2, -0.15) is 0 Å². The Morgan fingerprint density at radius 1 is 1.10 bits per heavy atom. The van der Waals surface area contributed by atoms with Crippen LogP contribution in [0.2, 0.25) is 0 Å². The summed E-state index contributed by atoms with van der Waals surface area (Å²) in [6.45, 7) is 0. The largest absolute Gasteiger partial charge is 0.478 e. The van der Waals surface area contributed by atoms with Gasteiger partial charge < -0.3 is 10.4 Å². The summed E-state index contributed by atoms with van der Waals surface area (Å²) in [5.41, 5.74) is 1.18. The Balaban J connectivity index is 2.13. The Bertz CT molecular complexity index is 696. The first-order chi connectivity index (χ1) is 10.1. The van der Waals surface area contributed by atoms with Crippen molar-refractivity contribution in [2.75, 3.05) is 5.32 Å². The molecule has 0 fully saturated rings. The van der Waals surface area contributed by atoms with Gasteiger partial charge in [-0.15, -0.1) is 0 Å². The molecule has 0 heterocycles. The van der Waals surface area contributed by atoms with E-state index in [1.165, 1.54) is 12.1 Å². The third kappa shape index (κ3) is 4.29. The first-order valence-electron chi connectivity index (χ1n) is 6.13. The fourth-order valence-corrected chi connectivity index (χ4v) is 2.07. The van der Waals surface area contributed by atoms with Gasteiger partial charge in [-0.3, -0.25) is 4.79 Å². The summed E-state index contributed by atoms with van der Waals surface area (Å²) in [6, 6.07) is 14.0. The Labute approximate surface area is 130 Å². The molecule has 1 amide bonds. The van der Waals surface area contributed by atoms with Crippen LogP contribution in [0.3, 0.4) is 0 Å². The number of anilines is 1. The molecule has 5 heteroatoms. The monoisotopic (exact) mass is 345 g/mol. The number of rotatable bonds is 4. The maximum Gasteiger partial charge on any atom is 0.337 e. The van der Waals surface area contributed by atoms with Crippen LogP contribution < -0.4 is 5.32 Å². The normalized spacial score (nSPS) is 10.5. The van der Waals surface area contributed by atoms with Crippen molar-refractivity contribution in [2.45, 2.75) is 0 Å². The van der Waals surface area contributed by atoms with Crippen molar-refractivity contribution in [3.63, 3.8) is 0 Å². The van der Waals surface area contributed by atoms with Gasteiger partial charge in [0.2, 0.25) is 5.91 Å². The molecule has 0 aromatic heterocycles. The maximum atomic E-state index is 11.8. The highest BCUT2D eigenvalue weighted by atomic mass is 79.9. The Kier molecular flexibility index (Phi) is 4.90. The molecule has 106 valence electrons. The van der Waals surface area contributed by atoms with Crippen LogP contribution in [0.25, 0.3) is 6.08 Å². The quantitative estimate of drug-likeness (QED) is 0.828. The number of hydrogen-bond acceptors (Lipinski definition) is 2. The summed E-state index contributed by atoms with van der Waals surface area (Å²) in [4.78, 5) is 23.0. The van der Waals surface area contributed by atoms with E-state index in [0.717, 1.165) is 5.56 Å². The molecule has 0 radical (unpaired) electrons. The van der Waals surface area contributed by atoms with Crippen LogP contribution >= 0.6 is 15.9 Å². The minimum absolute atomic E-state index is 0.0332. The number of benzene rings is 2. The van der Waals surface area contributed by atoms with Gasteiger partial charge in [0.15, 0.2) is 0 Å². The van der Waals surface area contributed by atoms with E-state index in [-0.39, 0.29) is 17.2 Å². The highest BCUT2D eigenvalue weighted by Crippen LogP contribution is 2.21. The molecular weight excluding hydrogens is 334 g/mol. The van der Waals surface area contributed by atoms with Crippen LogP contribution in [0.5, 0.6) is 0 Å². The Morgan fingerprint density at radius 2 is 1.81 bits per heavy atom. The first kappa shape index (κ1) is 15.0. The summed E-state index contributed by atoms with van der Waals surface area (Å²) in [7, 11) is 0. The topological polar surface area (TPSA) is 66.4 Å². The molecule has 0 aliphatic rings. The van der Waals surface area contributed by atoms with Crippen molar-refractivity contribution in [2.24, 2.45) is 0 Å². The Morgan fingerprint density at radius 3 is 2.48 bits per heavy atom. The molecule has 0 unspecified atom stereocenters. The van der Waals surface area contributed by atoms with E-state index in [9.17, 15) is 9.59 Å². The minimum Gasteiger partial charge on any atom is -0.478 e. The molecule has 21 heavy (non-hydrogen) atoms. The molecule has 0 aliphatic heterocycles. The lowest BCUT2D eigenvalue weighted by molar-refractivity contribution is -0.111. The van der Waals surface area contributed by atoms with Crippen molar-refractivity contribution < 1.29 is 14.7 Å². The van der Waals surface area contributed by atoms with E-state index >= 15 is 0 Å². The van der Waals surface area contributed by atoms with E-state index in [0.29, 0.717) is 4.47 Å². The molecular formula is C16H12BrNO3. The third-order valence-corrected chi connectivity index (χ3v) is 3.19. The number of carboxylic acid groups (broad SMARTS) is 1. The predicted octanol–water partition coefficient (Wildman–Crippen LogP) is 3.80. The zero-order valence-electron chi connectivity index (χ0n) is 10.9. The molecule has 0 bridgehead atoms. The van der Waals surface area contributed by atoms with Crippen molar-refractivity contribution in [1.82, 2.24) is 0 Å². The lowest BCUT2D eigenvalue weighted by Gasteiger charge is -2.07. The molecule has 2 N–H and O–H groups in total. The van der Waals surface area contributed by atoms with Crippen LogP contribution in [-0.4, -0.2) is 17.0 Å². The molecule has 2 aromatic carbocycles. The molecule has 4 nitrogen and oxygen atoms in total. The van der Waals surface area contributed by atoms with Crippen molar-refractivity contribution >= 4 is 39.6 Å². The molecule has 0 saturated heterocycles. The van der Waals surface area contributed by atoms with Crippen LogP contribution in [0.1, 0.15) is 15.9 Å². The summed E-state index contributed by atoms with van der Waals surface area (Å²) in [5.74, 6) is -1.48. The molecule has 2 rings (SSSR count). The summed E-state index contributed by atoms with van der Waals surface area (Å²) >= 11 is 3.20. The van der Waals surface area contributed by atoms with Crippen molar-refractivity contribution in [3.05, 3.63) is 70.2 Å². The average molecular weight is 346 g/mol. The molecule has 0 atom stereocenters. The third-order valence-electron chi connectivity index (χ3n) is 2.70. The standard InChI is InChI=1S/C16H12BrNO3/c17-12-7-8-14(13(10-12)16(20)21)18-15(19)9-6-11-4-2-1-3-5-11/h1-10H,(H,18,19)(H,20,21)/b9-6+. The molecule has 0 saturated carbocycles. The lowest BCUT2D eigenvalue weighted by atomic mass is 10.1. The molecule has 0 aliphatic carbocycles. The smallest absolute Gasteiger partial charge is 0.337 e. The van der Waals surface area contributed by atoms with Gasteiger partial charge in [-0.25, -0.2) is 4.79 Å². The Hall–Kier alpha value is -2.40. The number of halogens is 1. The van der Waals surface area contributed by atoms with Crippen molar-refractivity contribution in [1.29, 1.82) is 0 Å². The number of carbonyl (C=O) groups is 2. The van der Waals surface area contributed by atoms with E-state index in [2.05, 4.69) is 21.2 Å². The SMILES string of the molecule is O=C(/C=C/c1ccccc1)Nc1ccc(Br)cc1C(=O)O. The van der Waals surface area contributed by atoms with E-state index in [1.807, 2.05) is 30.3 Å². The van der Waals surface area contributed by atoms with Gasteiger partial charge in [0.25, 0.3) is 0 Å². The predicted molar refractivity (Wildman–Crippen MR) is 85.2 cm³/mol. The van der Waals surface area contributed by atoms with Gasteiger partial charge in [0.05, 0.1) is 11.3 Å². The summed E-state index contributed by atoms with van der Waals surface area (Å²) < 4.78 is 0.637. The zero-order chi connectivity index (χ0) is 15.2. The lowest BCUT2D eigenvalue weighted by Crippen LogP contribution is -2.12. The second-order valence-electron chi connectivity index (χ2n) is 4.23. The average Bonchev–Trinajstić information content (AvgIpc) is 2.48. The van der Waals surface area contributed by atoms with Crippen LogP contribution in [-0.2, 0) is 4.79 Å². The second kappa shape index (κ2) is 6.85. The van der Waals surface area contributed by atoms with Gasteiger partial charge in [0.1, 0.15) is 0 Å². The fourth-order valence-electron chi connectivity index (χ4n) is 1.71.